The van der Waals surface area contributed by atoms with Crippen LogP contribution in [0.1, 0.15) is 54.4 Å². The van der Waals surface area contributed by atoms with Gasteiger partial charge in [0.25, 0.3) is 0 Å². The molecule has 6 atom stereocenters. The summed E-state index contributed by atoms with van der Waals surface area (Å²) in [5.74, 6) is -0.703. The van der Waals surface area contributed by atoms with E-state index in [1.165, 1.54) is 0 Å². The third-order valence-corrected chi connectivity index (χ3v) is 6.70. The molecule has 3 aliphatic rings. The van der Waals surface area contributed by atoms with Crippen molar-refractivity contribution in [2.24, 2.45) is 17.3 Å². The summed E-state index contributed by atoms with van der Waals surface area (Å²) in [6.45, 7) is 14.2. The summed E-state index contributed by atoms with van der Waals surface area (Å²) in [5.41, 5.74) is -2.26. The molecule has 6 unspecified atom stereocenters. The molecule has 2 aliphatic carbocycles. The number of ether oxygens (including phenoxy) is 3. The smallest absolute Gasteiger partial charge is 0.333 e. The Balaban J connectivity index is 1.84. The van der Waals surface area contributed by atoms with Crippen molar-refractivity contribution in [1.29, 1.82) is 0 Å². The standard InChI is InChI=1S/C20H30O6/c1-10(2)16(21)24-14-12-8-13-15(14)25-17(22)20(13,9-12)19(6,7)26-11(3)18(4,5)23/h11-15,23H,1,8-9H2,2-7H3. The zero-order valence-electron chi connectivity index (χ0n) is 16.5. The van der Waals surface area contributed by atoms with Crippen LogP contribution in [-0.2, 0) is 23.8 Å². The third-order valence-electron chi connectivity index (χ3n) is 6.70. The van der Waals surface area contributed by atoms with Crippen LogP contribution in [0.4, 0.5) is 0 Å². The largest absolute Gasteiger partial charge is 0.458 e. The first kappa shape index (κ1) is 19.4. The van der Waals surface area contributed by atoms with Gasteiger partial charge in [-0.05, 0) is 54.4 Å². The fourth-order valence-corrected chi connectivity index (χ4v) is 4.97. The second-order valence-corrected chi connectivity index (χ2v) is 9.22. The van der Waals surface area contributed by atoms with E-state index < -0.39 is 40.9 Å². The number of aliphatic hydroxyl groups is 1. The van der Waals surface area contributed by atoms with Crippen molar-refractivity contribution < 1.29 is 28.9 Å². The highest BCUT2D eigenvalue weighted by molar-refractivity contribution is 5.87. The van der Waals surface area contributed by atoms with Crippen LogP contribution in [0.3, 0.4) is 0 Å². The Labute approximate surface area is 154 Å². The first-order valence-electron chi connectivity index (χ1n) is 9.29. The number of rotatable bonds is 6. The number of carbonyl (C=O) groups excluding carboxylic acids is 2. The van der Waals surface area contributed by atoms with E-state index in [-0.39, 0.29) is 17.8 Å². The lowest BCUT2D eigenvalue weighted by molar-refractivity contribution is -0.201. The molecule has 3 fully saturated rings. The molecule has 0 spiro atoms. The fraction of sp³-hybridized carbons (Fsp3) is 0.800. The predicted molar refractivity (Wildman–Crippen MR) is 94.1 cm³/mol. The summed E-state index contributed by atoms with van der Waals surface area (Å²) in [7, 11) is 0. The van der Waals surface area contributed by atoms with E-state index in [0.717, 1.165) is 6.42 Å². The van der Waals surface area contributed by atoms with Crippen LogP contribution in [-0.4, -0.2) is 46.6 Å². The van der Waals surface area contributed by atoms with Gasteiger partial charge in [0, 0.05) is 17.4 Å². The van der Waals surface area contributed by atoms with Crippen LogP contribution < -0.4 is 0 Å². The molecule has 0 aromatic carbocycles. The Morgan fingerprint density at radius 3 is 2.54 bits per heavy atom. The van der Waals surface area contributed by atoms with Crippen LogP contribution in [0.2, 0.25) is 0 Å². The molecule has 2 bridgehead atoms. The van der Waals surface area contributed by atoms with Gasteiger partial charge < -0.3 is 19.3 Å². The number of hydrogen-bond acceptors (Lipinski definition) is 6. The molecule has 1 aliphatic heterocycles. The molecule has 3 rings (SSSR count). The van der Waals surface area contributed by atoms with Gasteiger partial charge in [0.15, 0.2) is 0 Å². The van der Waals surface area contributed by atoms with Gasteiger partial charge >= 0.3 is 11.9 Å². The zero-order chi connectivity index (χ0) is 19.7. The second-order valence-electron chi connectivity index (χ2n) is 9.22. The highest BCUT2D eigenvalue weighted by Gasteiger charge is 2.76. The average molecular weight is 366 g/mol. The molecular formula is C20H30O6. The van der Waals surface area contributed by atoms with Gasteiger partial charge in [-0.2, -0.15) is 0 Å². The van der Waals surface area contributed by atoms with E-state index >= 15 is 0 Å². The van der Waals surface area contributed by atoms with Gasteiger partial charge in [-0.15, -0.1) is 0 Å². The van der Waals surface area contributed by atoms with E-state index in [9.17, 15) is 14.7 Å². The van der Waals surface area contributed by atoms with Gasteiger partial charge in [0.2, 0.25) is 0 Å². The second kappa shape index (κ2) is 5.80. The molecule has 6 nitrogen and oxygen atoms in total. The van der Waals surface area contributed by atoms with Crippen molar-refractivity contribution >= 4 is 11.9 Å². The van der Waals surface area contributed by atoms with Crippen molar-refractivity contribution in [3.8, 4) is 0 Å². The van der Waals surface area contributed by atoms with Crippen LogP contribution in [0.5, 0.6) is 0 Å². The SMILES string of the molecule is C=C(C)C(=O)OC1C2CC3C1OC(=O)C3(C(C)(C)OC(C)C(C)(C)O)C2. The number of esters is 2. The molecule has 26 heavy (non-hydrogen) atoms. The van der Waals surface area contributed by atoms with Gasteiger partial charge in [0.1, 0.15) is 17.6 Å². The lowest BCUT2D eigenvalue weighted by Crippen LogP contribution is -2.56. The van der Waals surface area contributed by atoms with Crippen molar-refractivity contribution in [2.75, 3.05) is 0 Å². The predicted octanol–water partition coefficient (Wildman–Crippen LogP) is 2.38. The monoisotopic (exact) mass is 366 g/mol. The van der Waals surface area contributed by atoms with Gasteiger partial charge in [0.05, 0.1) is 17.3 Å². The molecule has 0 amide bonds. The maximum Gasteiger partial charge on any atom is 0.333 e. The Morgan fingerprint density at radius 2 is 2.00 bits per heavy atom. The summed E-state index contributed by atoms with van der Waals surface area (Å²) in [6.07, 6.45) is 0.0482. The normalized spacial score (nSPS) is 36.8. The zero-order valence-corrected chi connectivity index (χ0v) is 16.5. The van der Waals surface area contributed by atoms with Gasteiger partial charge in [-0.25, -0.2) is 4.79 Å². The molecule has 146 valence electrons. The minimum absolute atomic E-state index is 0.0491. The van der Waals surface area contributed by atoms with Crippen LogP contribution in [0.15, 0.2) is 12.2 Å². The lowest BCUT2D eigenvalue weighted by Gasteiger charge is -2.46. The van der Waals surface area contributed by atoms with E-state index in [2.05, 4.69) is 6.58 Å². The maximum atomic E-state index is 12.9. The molecule has 1 saturated heterocycles. The summed E-state index contributed by atoms with van der Waals surface area (Å²) < 4.78 is 17.5. The minimum atomic E-state index is -1.02. The first-order chi connectivity index (χ1) is 11.8. The molecule has 0 aromatic heterocycles. The van der Waals surface area contributed by atoms with E-state index in [1.807, 2.05) is 13.8 Å². The molecule has 2 saturated carbocycles. The summed E-state index contributed by atoms with van der Waals surface area (Å²) in [4.78, 5) is 24.9. The van der Waals surface area contributed by atoms with Crippen molar-refractivity contribution in [2.45, 2.75) is 83.9 Å². The van der Waals surface area contributed by atoms with Gasteiger partial charge in [-0.3, -0.25) is 4.79 Å². The molecule has 0 aromatic rings. The summed E-state index contributed by atoms with van der Waals surface area (Å²) in [6, 6.07) is 0. The fourth-order valence-electron chi connectivity index (χ4n) is 4.97. The summed E-state index contributed by atoms with van der Waals surface area (Å²) in [5, 5.41) is 10.2. The number of fused-ring (bicyclic) bond motifs is 1. The molecule has 1 N–H and O–H groups in total. The summed E-state index contributed by atoms with van der Waals surface area (Å²) >= 11 is 0. The Kier molecular flexibility index (Phi) is 4.32. The topological polar surface area (TPSA) is 82.1 Å². The van der Waals surface area contributed by atoms with Crippen molar-refractivity contribution in [3.63, 3.8) is 0 Å². The average Bonchev–Trinajstić information content (AvgIpc) is 3.08. The minimum Gasteiger partial charge on any atom is -0.458 e. The number of hydrogen-bond donors (Lipinski definition) is 1. The van der Waals surface area contributed by atoms with Crippen molar-refractivity contribution in [3.05, 3.63) is 12.2 Å². The third kappa shape index (κ3) is 2.61. The van der Waals surface area contributed by atoms with E-state index in [4.69, 9.17) is 14.2 Å². The lowest BCUT2D eigenvalue weighted by atomic mass is 9.63. The molecule has 0 radical (unpaired) electrons. The first-order valence-corrected chi connectivity index (χ1v) is 9.29. The Hall–Kier alpha value is -1.40. The maximum absolute atomic E-state index is 12.9. The highest BCUT2D eigenvalue weighted by Crippen LogP contribution is 2.67. The van der Waals surface area contributed by atoms with E-state index in [1.54, 1.807) is 27.7 Å². The van der Waals surface area contributed by atoms with Crippen molar-refractivity contribution in [1.82, 2.24) is 0 Å². The molecule has 1 heterocycles. The van der Waals surface area contributed by atoms with Crippen LogP contribution in [0.25, 0.3) is 0 Å². The highest BCUT2D eigenvalue weighted by atomic mass is 16.6. The van der Waals surface area contributed by atoms with Gasteiger partial charge in [-0.1, -0.05) is 6.58 Å². The quantitative estimate of drug-likeness (QED) is 0.574. The van der Waals surface area contributed by atoms with Crippen LogP contribution in [0, 0.1) is 17.3 Å². The number of carbonyl (C=O) groups is 2. The molecular weight excluding hydrogens is 336 g/mol. The Morgan fingerprint density at radius 1 is 1.38 bits per heavy atom. The Bertz CT molecular complexity index is 645. The van der Waals surface area contributed by atoms with E-state index in [0.29, 0.717) is 12.0 Å². The molecule has 6 heteroatoms. The van der Waals surface area contributed by atoms with Crippen LogP contribution >= 0.6 is 0 Å².